The van der Waals surface area contributed by atoms with E-state index in [9.17, 15) is 0 Å². The van der Waals surface area contributed by atoms with Crippen molar-refractivity contribution in [3.63, 3.8) is 0 Å². The Labute approximate surface area is 166 Å². The second kappa shape index (κ2) is 10.7. The predicted octanol–water partition coefficient (Wildman–Crippen LogP) is 8.52. The first-order valence-electron chi connectivity index (χ1n) is 11.9. The van der Waals surface area contributed by atoms with E-state index in [1.54, 1.807) is 38.5 Å². The van der Waals surface area contributed by atoms with Crippen molar-refractivity contribution in [2.45, 2.75) is 121 Å². The molecule has 0 radical (unpaired) electrons. The van der Waals surface area contributed by atoms with Crippen LogP contribution in [0.25, 0.3) is 0 Å². The van der Waals surface area contributed by atoms with Crippen LogP contribution in [0.1, 0.15) is 116 Å². The molecule has 3 aliphatic carbocycles. The molecule has 0 aromatic heterocycles. The standard InChI is InChI=1S/C24H43Br/c1-2-3-4-5-6-7-8-9-10-19-11-15-23-20(17-19)12-13-21-18-22(25)14-16-24(21)23/h19-24H,2-18H2,1H3/t19-,20?,21?,22-,23?,24?/m1/s1. The average molecular weight is 412 g/mol. The van der Waals surface area contributed by atoms with Crippen LogP contribution in [0.3, 0.4) is 0 Å². The van der Waals surface area contributed by atoms with Crippen LogP contribution in [-0.4, -0.2) is 4.83 Å². The summed E-state index contributed by atoms with van der Waals surface area (Å²) in [6.07, 6.45) is 25.7. The van der Waals surface area contributed by atoms with E-state index >= 15 is 0 Å². The summed E-state index contributed by atoms with van der Waals surface area (Å²) in [5, 5.41) is 0. The minimum Gasteiger partial charge on any atom is -0.0891 e. The second-order valence-electron chi connectivity index (χ2n) is 9.78. The van der Waals surface area contributed by atoms with Gasteiger partial charge in [0.1, 0.15) is 0 Å². The molecule has 0 amide bonds. The highest BCUT2D eigenvalue weighted by Gasteiger charge is 2.43. The first-order valence-corrected chi connectivity index (χ1v) is 12.8. The van der Waals surface area contributed by atoms with E-state index in [1.165, 1.54) is 70.6 Å². The fourth-order valence-corrected chi connectivity index (χ4v) is 7.41. The lowest BCUT2D eigenvalue weighted by atomic mass is 9.56. The van der Waals surface area contributed by atoms with Gasteiger partial charge in [-0.05, 0) is 74.5 Å². The van der Waals surface area contributed by atoms with E-state index < -0.39 is 0 Å². The highest BCUT2D eigenvalue weighted by atomic mass is 79.9. The molecule has 0 saturated heterocycles. The first-order chi connectivity index (χ1) is 12.3. The molecule has 3 saturated carbocycles. The zero-order valence-corrected chi connectivity index (χ0v) is 18.4. The maximum absolute atomic E-state index is 3.91. The quantitative estimate of drug-likeness (QED) is 0.263. The molecule has 3 rings (SSSR count). The van der Waals surface area contributed by atoms with Crippen LogP contribution < -0.4 is 0 Å². The van der Waals surface area contributed by atoms with Gasteiger partial charge in [0.05, 0.1) is 0 Å². The van der Waals surface area contributed by atoms with Crippen molar-refractivity contribution in [1.82, 2.24) is 0 Å². The van der Waals surface area contributed by atoms with E-state index in [2.05, 4.69) is 22.9 Å². The number of halogens is 1. The summed E-state index contributed by atoms with van der Waals surface area (Å²) in [6.45, 7) is 2.31. The van der Waals surface area contributed by atoms with Crippen molar-refractivity contribution in [3.05, 3.63) is 0 Å². The molecule has 6 atom stereocenters. The van der Waals surface area contributed by atoms with Crippen molar-refractivity contribution in [3.8, 4) is 0 Å². The third-order valence-corrected chi connectivity index (χ3v) is 8.88. The summed E-state index contributed by atoms with van der Waals surface area (Å²) >= 11 is 3.91. The van der Waals surface area contributed by atoms with Gasteiger partial charge in [-0.25, -0.2) is 0 Å². The predicted molar refractivity (Wildman–Crippen MR) is 114 cm³/mol. The van der Waals surface area contributed by atoms with Crippen LogP contribution in [0.5, 0.6) is 0 Å². The second-order valence-corrected chi connectivity index (χ2v) is 11.1. The Kier molecular flexibility index (Phi) is 8.67. The highest BCUT2D eigenvalue weighted by Crippen LogP contribution is 2.53. The van der Waals surface area contributed by atoms with E-state index in [-0.39, 0.29) is 0 Å². The molecule has 0 nitrogen and oxygen atoms in total. The molecular formula is C24H43Br. The lowest BCUT2D eigenvalue weighted by molar-refractivity contribution is 0.0119. The number of rotatable bonds is 9. The molecule has 0 spiro atoms. The number of alkyl halides is 1. The maximum atomic E-state index is 3.91. The molecule has 0 N–H and O–H groups in total. The summed E-state index contributed by atoms with van der Waals surface area (Å²) in [4.78, 5) is 0.837. The first kappa shape index (κ1) is 20.2. The fraction of sp³-hybridized carbons (Fsp3) is 1.00. The maximum Gasteiger partial charge on any atom is 0.0148 e. The number of unbranched alkanes of at least 4 members (excludes halogenated alkanes) is 7. The summed E-state index contributed by atoms with van der Waals surface area (Å²) in [7, 11) is 0. The van der Waals surface area contributed by atoms with Crippen molar-refractivity contribution < 1.29 is 0 Å². The molecule has 1 heteroatoms. The van der Waals surface area contributed by atoms with E-state index in [1.807, 2.05) is 0 Å². The molecule has 0 aliphatic heterocycles. The van der Waals surface area contributed by atoms with Gasteiger partial charge in [0.25, 0.3) is 0 Å². The summed E-state index contributed by atoms with van der Waals surface area (Å²) in [5.74, 6) is 5.50. The van der Waals surface area contributed by atoms with Crippen LogP contribution in [0.4, 0.5) is 0 Å². The third-order valence-electron chi connectivity index (χ3n) is 8.05. The zero-order chi connectivity index (χ0) is 17.5. The van der Waals surface area contributed by atoms with Gasteiger partial charge >= 0.3 is 0 Å². The van der Waals surface area contributed by atoms with Crippen molar-refractivity contribution in [1.29, 1.82) is 0 Å². The molecular weight excluding hydrogens is 368 g/mol. The van der Waals surface area contributed by atoms with Crippen molar-refractivity contribution >= 4 is 15.9 Å². The van der Waals surface area contributed by atoms with Crippen LogP contribution in [0, 0.1) is 29.6 Å². The average Bonchev–Trinajstić information content (AvgIpc) is 2.63. The lowest BCUT2D eigenvalue weighted by Gasteiger charge is -2.50. The third kappa shape index (κ3) is 5.98. The molecule has 25 heavy (non-hydrogen) atoms. The van der Waals surface area contributed by atoms with Gasteiger partial charge in [0.15, 0.2) is 0 Å². The molecule has 0 heterocycles. The van der Waals surface area contributed by atoms with Gasteiger partial charge < -0.3 is 0 Å². The largest absolute Gasteiger partial charge is 0.0891 e. The molecule has 146 valence electrons. The minimum atomic E-state index is 0.837. The summed E-state index contributed by atoms with van der Waals surface area (Å²) in [5.41, 5.74) is 0. The molecule has 4 unspecified atom stereocenters. The Morgan fingerprint density at radius 3 is 1.96 bits per heavy atom. The van der Waals surface area contributed by atoms with E-state index in [0.717, 1.165) is 34.4 Å². The zero-order valence-electron chi connectivity index (χ0n) is 16.9. The Hall–Kier alpha value is 0.480. The smallest absolute Gasteiger partial charge is 0.0148 e. The lowest BCUT2D eigenvalue weighted by Crippen LogP contribution is -2.41. The van der Waals surface area contributed by atoms with Gasteiger partial charge in [-0.3, -0.25) is 0 Å². The number of fused-ring (bicyclic) bond motifs is 3. The van der Waals surface area contributed by atoms with Gasteiger partial charge in [0.2, 0.25) is 0 Å². The van der Waals surface area contributed by atoms with Crippen LogP contribution >= 0.6 is 15.9 Å². The van der Waals surface area contributed by atoms with E-state index in [0.29, 0.717) is 0 Å². The topological polar surface area (TPSA) is 0 Å². The van der Waals surface area contributed by atoms with Gasteiger partial charge in [0, 0.05) is 4.83 Å². The van der Waals surface area contributed by atoms with Crippen LogP contribution in [0.2, 0.25) is 0 Å². The normalized spacial score (nSPS) is 38.2. The van der Waals surface area contributed by atoms with Gasteiger partial charge in [-0.2, -0.15) is 0 Å². The van der Waals surface area contributed by atoms with Crippen LogP contribution in [-0.2, 0) is 0 Å². The monoisotopic (exact) mass is 410 g/mol. The molecule has 3 aliphatic rings. The number of hydrogen-bond donors (Lipinski definition) is 0. The van der Waals surface area contributed by atoms with Crippen molar-refractivity contribution in [2.75, 3.05) is 0 Å². The minimum absolute atomic E-state index is 0.837. The Balaban J connectivity index is 1.30. The number of hydrogen-bond acceptors (Lipinski definition) is 0. The Morgan fingerprint density at radius 2 is 1.24 bits per heavy atom. The van der Waals surface area contributed by atoms with Gasteiger partial charge in [-0.15, -0.1) is 0 Å². The van der Waals surface area contributed by atoms with Gasteiger partial charge in [-0.1, -0.05) is 87.1 Å². The molecule has 0 bridgehead atoms. The van der Waals surface area contributed by atoms with Crippen LogP contribution in [0.15, 0.2) is 0 Å². The Bertz CT molecular complexity index is 365. The molecule has 0 aromatic rings. The molecule has 3 fully saturated rings. The SMILES string of the molecule is CCCCCCCCCC[C@@H]1CCC2C(CCC3C[C@H](Br)CCC32)C1. The Morgan fingerprint density at radius 1 is 0.640 bits per heavy atom. The summed E-state index contributed by atoms with van der Waals surface area (Å²) < 4.78 is 0. The van der Waals surface area contributed by atoms with E-state index in [4.69, 9.17) is 0 Å². The fourth-order valence-electron chi connectivity index (χ4n) is 6.66. The molecule has 0 aromatic carbocycles. The highest BCUT2D eigenvalue weighted by molar-refractivity contribution is 9.09. The van der Waals surface area contributed by atoms with Crippen molar-refractivity contribution in [2.24, 2.45) is 29.6 Å². The summed E-state index contributed by atoms with van der Waals surface area (Å²) in [6, 6.07) is 0.